The van der Waals surface area contributed by atoms with Crippen LogP contribution in [0.5, 0.6) is 0 Å². The summed E-state index contributed by atoms with van der Waals surface area (Å²) in [6.45, 7) is 0. The number of anilines is 1. The second kappa shape index (κ2) is 8.39. The highest BCUT2D eigenvalue weighted by Crippen LogP contribution is 2.32. The molecule has 0 fully saturated rings. The third-order valence-electron chi connectivity index (χ3n) is 4.09. The zero-order valence-corrected chi connectivity index (χ0v) is 15.7. The molecular formula is C21H12Cl2F2N2O. The highest BCUT2D eigenvalue weighted by molar-refractivity contribution is 6.34. The summed E-state index contributed by atoms with van der Waals surface area (Å²) in [5.74, 6) is -3.60. The Balaban J connectivity index is 1.86. The number of halogens is 4. The van der Waals surface area contributed by atoms with Crippen LogP contribution in [0.2, 0.25) is 10.0 Å². The fourth-order valence-corrected chi connectivity index (χ4v) is 3.23. The van der Waals surface area contributed by atoms with Crippen LogP contribution < -0.4 is 5.32 Å². The Labute approximate surface area is 170 Å². The molecule has 0 saturated carbocycles. The largest absolute Gasteiger partial charge is 0.322 e. The van der Waals surface area contributed by atoms with Crippen LogP contribution in [0.15, 0.2) is 60.7 Å². The van der Waals surface area contributed by atoms with Gasteiger partial charge in [0.1, 0.15) is 0 Å². The molecule has 0 spiro atoms. The predicted octanol–water partition coefficient (Wildman–Crippen LogP) is 6.18. The summed E-state index contributed by atoms with van der Waals surface area (Å²) in [6.07, 6.45) is 0. The van der Waals surface area contributed by atoms with Gasteiger partial charge < -0.3 is 5.32 Å². The summed E-state index contributed by atoms with van der Waals surface area (Å²) in [5.41, 5.74) is 1.49. The summed E-state index contributed by atoms with van der Waals surface area (Å²) in [6, 6.07) is 17.5. The number of carbonyl (C=O) groups excluding carboxylic acids is 1. The van der Waals surface area contributed by atoms with Gasteiger partial charge in [-0.2, -0.15) is 5.26 Å². The van der Waals surface area contributed by atoms with E-state index in [-0.39, 0.29) is 15.6 Å². The normalized spacial score (nSPS) is 11.5. The van der Waals surface area contributed by atoms with E-state index in [1.807, 2.05) is 30.3 Å². The summed E-state index contributed by atoms with van der Waals surface area (Å²) in [7, 11) is 0. The number of nitriles is 1. The van der Waals surface area contributed by atoms with Crippen molar-refractivity contribution in [2.45, 2.75) is 5.92 Å². The highest BCUT2D eigenvalue weighted by atomic mass is 35.5. The summed E-state index contributed by atoms with van der Waals surface area (Å²) >= 11 is 12.1. The number of amides is 1. The second-order valence-corrected chi connectivity index (χ2v) is 6.72. The van der Waals surface area contributed by atoms with Gasteiger partial charge in [-0.15, -0.1) is 0 Å². The third kappa shape index (κ3) is 4.14. The molecule has 0 bridgehead atoms. The molecule has 3 nitrogen and oxygen atoms in total. The average molecular weight is 417 g/mol. The first-order chi connectivity index (χ1) is 13.4. The molecule has 1 atom stereocenters. The van der Waals surface area contributed by atoms with E-state index in [9.17, 15) is 18.8 Å². The minimum absolute atomic E-state index is 0.208. The summed E-state index contributed by atoms with van der Waals surface area (Å²) in [4.78, 5) is 12.3. The topological polar surface area (TPSA) is 52.9 Å². The molecule has 3 rings (SSSR count). The third-order valence-corrected chi connectivity index (χ3v) is 4.73. The molecule has 0 radical (unpaired) electrons. The van der Waals surface area contributed by atoms with E-state index < -0.39 is 23.5 Å². The van der Waals surface area contributed by atoms with Crippen LogP contribution in [0.3, 0.4) is 0 Å². The van der Waals surface area contributed by atoms with Crippen LogP contribution in [0.4, 0.5) is 14.5 Å². The Morgan fingerprint density at radius 2 is 1.64 bits per heavy atom. The molecule has 140 valence electrons. The molecule has 0 aliphatic heterocycles. The lowest BCUT2D eigenvalue weighted by atomic mass is 9.92. The van der Waals surface area contributed by atoms with Crippen molar-refractivity contribution < 1.29 is 13.6 Å². The Hall–Kier alpha value is -2.94. The minimum Gasteiger partial charge on any atom is -0.322 e. The Bertz CT molecular complexity index is 1080. The van der Waals surface area contributed by atoms with Crippen molar-refractivity contribution in [2.75, 3.05) is 5.32 Å². The molecule has 7 heteroatoms. The Kier molecular flexibility index (Phi) is 5.93. The van der Waals surface area contributed by atoms with E-state index >= 15 is 0 Å². The lowest BCUT2D eigenvalue weighted by Crippen LogP contribution is -2.13. The molecule has 0 heterocycles. The smallest absolute Gasteiger partial charge is 0.257 e. The molecule has 0 aliphatic carbocycles. The summed E-state index contributed by atoms with van der Waals surface area (Å²) in [5, 5.41) is 12.1. The molecule has 1 N–H and O–H groups in total. The van der Waals surface area contributed by atoms with Crippen molar-refractivity contribution in [1.29, 1.82) is 5.26 Å². The van der Waals surface area contributed by atoms with Crippen molar-refractivity contribution in [3.05, 3.63) is 99.0 Å². The zero-order valence-electron chi connectivity index (χ0n) is 14.2. The van der Waals surface area contributed by atoms with Crippen molar-refractivity contribution in [3.63, 3.8) is 0 Å². The molecule has 0 aromatic heterocycles. The van der Waals surface area contributed by atoms with Gasteiger partial charge in [-0.25, -0.2) is 8.78 Å². The molecular weight excluding hydrogens is 405 g/mol. The Morgan fingerprint density at radius 1 is 0.964 bits per heavy atom. The van der Waals surface area contributed by atoms with E-state index in [1.54, 1.807) is 12.1 Å². The quantitative estimate of drug-likeness (QED) is 0.516. The summed E-state index contributed by atoms with van der Waals surface area (Å²) < 4.78 is 26.6. The number of nitrogens with one attached hydrogen (secondary N) is 1. The van der Waals surface area contributed by atoms with Gasteiger partial charge in [0, 0.05) is 10.7 Å². The first-order valence-electron chi connectivity index (χ1n) is 8.10. The SMILES string of the molecule is N#CC(c1ccccc1)c1ccc(NC(=O)c2cc(F)c(F)cc2Cl)cc1Cl. The van der Waals surface area contributed by atoms with E-state index in [1.165, 1.54) is 6.07 Å². The van der Waals surface area contributed by atoms with Crippen molar-refractivity contribution >= 4 is 34.8 Å². The van der Waals surface area contributed by atoms with Gasteiger partial charge in [0.15, 0.2) is 11.6 Å². The van der Waals surface area contributed by atoms with Crippen LogP contribution >= 0.6 is 23.2 Å². The van der Waals surface area contributed by atoms with Gasteiger partial charge in [0.05, 0.1) is 22.6 Å². The van der Waals surface area contributed by atoms with Crippen LogP contribution in [0, 0.1) is 23.0 Å². The van der Waals surface area contributed by atoms with E-state index in [0.717, 1.165) is 17.7 Å². The lowest BCUT2D eigenvalue weighted by molar-refractivity contribution is 0.102. The Morgan fingerprint density at radius 3 is 2.29 bits per heavy atom. The number of rotatable bonds is 4. The van der Waals surface area contributed by atoms with Crippen molar-refractivity contribution in [2.24, 2.45) is 0 Å². The minimum atomic E-state index is -1.18. The number of nitrogens with zero attached hydrogens (tertiary/aromatic N) is 1. The van der Waals surface area contributed by atoms with Crippen LogP contribution in [0.25, 0.3) is 0 Å². The maximum Gasteiger partial charge on any atom is 0.257 e. The first-order valence-corrected chi connectivity index (χ1v) is 8.86. The number of hydrogen-bond donors (Lipinski definition) is 1. The lowest BCUT2D eigenvalue weighted by Gasteiger charge is -2.14. The molecule has 3 aromatic carbocycles. The van der Waals surface area contributed by atoms with Crippen LogP contribution in [-0.2, 0) is 0 Å². The van der Waals surface area contributed by atoms with Gasteiger partial charge in [0.2, 0.25) is 0 Å². The number of benzene rings is 3. The fourth-order valence-electron chi connectivity index (χ4n) is 2.70. The van der Waals surface area contributed by atoms with Gasteiger partial charge in [0.25, 0.3) is 5.91 Å². The average Bonchev–Trinajstić information content (AvgIpc) is 2.67. The monoisotopic (exact) mass is 416 g/mol. The highest BCUT2D eigenvalue weighted by Gasteiger charge is 2.18. The predicted molar refractivity (Wildman–Crippen MR) is 105 cm³/mol. The van der Waals surface area contributed by atoms with Crippen molar-refractivity contribution in [1.82, 2.24) is 0 Å². The van der Waals surface area contributed by atoms with Gasteiger partial charge in [-0.05, 0) is 35.4 Å². The van der Waals surface area contributed by atoms with E-state index in [2.05, 4.69) is 11.4 Å². The molecule has 1 amide bonds. The van der Waals surface area contributed by atoms with Crippen LogP contribution in [-0.4, -0.2) is 5.91 Å². The molecule has 3 aromatic rings. The van der Waals surface area contributed by atoms with Gasteiger partial charge in [-0.1, -0.05) is 59.6 Å². The number of carbonyl (C=O) groups is 1. The molecule has 0 aliphatic rings. The maximum atomic E-state index is 13.4. The maximum absolute atomic E-state index is 13.4. The standard InChI is InChI=1S/C21H12Cl2F2N2O/c22-17-8-13(27-21(28)15-9-19(24)20(25)10-18(15)23)6-7-14(17)16(11-26)12-4-2-1-3-5-12/h1-10,16H,(H,27,28). The fraction of sp³-hybridized carbons (Fsp3) is 0.0476. The van der Waals surface area contributed by atoms with Gasteiger partial charge in [-0.3, -0.25) is 4.79 Å². The van der Waals surface area contributed by atoms with Gasteiger partial charge >= 0.3 is 0 Å². The van der Waals surface area contributed by atoms with E-state index in [0.29, 0.717) is 11.3 Å². The number of hydrogen-bond acceptors (Lipinski definition) is 2. The van der Waals surface area contributed by atoms with Crippen LogP contribution in [0.1, 0.15) is 27.4 Å². The van der Waals surface area contributed by atoms with Crippen molar-refractivity contribution in [3.8, 4) is 6.07 Å². The molecule has 28 heavy (non-hydrogen) atoms. The second-order valence-electron chi connectivity index (χ2n) is 5.91. The molecule has 1 unspecified atom stereocenters. The molecule has 0 saturated heterocycles. The van der Waals surface area contributed by atoms with E-state index in [4.69, 9.17) is 23.2 Å². The zero-order chi connectivity index (χ0) is 20.3. The first kappa shape index (κ1) is 19.8.